The van der Waals surface area contributed by atoms with Gasteiger partial charge in [0.1, 0.15) is 0 Å². The first-order valence-electron chi connectivity index (χ1n) is 5.31. The molecule has 0 bridgehead atoms. The van der Waals surface area contributed by atoms with Crippen molar-refractivity contribution in [3.8, 4) is 0 Å². The minimum absolute atomic E-state index is 0.0412. The number of carbonyl (C=O) groups is 1. The van der Waals surface area contributed by atoms with E-state index in [4.69, 9.17) is 10.8 Å². The van der Waals surface area contributed by atoms with Gasteiger partial charge in [-0.2, -0.15) is 0 Å². The second-order valence-electron chi connectivity index (χ2n) is 3.94. The van der Waals surface area contributed by atoms with Gasteiger partial charge in [0.25, 0.3) is 0 Å². The van der Waals surface area contributed by atoms with Crippen molar-refractivity contribution >= 4 is 22.8 Å². The van der Waals surface area contributed by atoms with Gasteiger partial charge in [-0.05, 0) is 19.1 Å². The Morgan fingerprint density at radius 2 is 2.18 bits per heavy atom. The number of hydrogen-bond acceptors (Lipinski definition) is 4. The molecule has 0 saturated heterocycles. The van der Waals surface area contributed by atoms with E-state index in [0.717, 1.165) is 16.5 Å². The van der Waals surface area contributed by atoms with Gasteiger partial charge in [0.2, 0.25) is 5.95 Å². The Bertz CT molecular complexity index is 581. The Hall–Kier alpha value is -2.17. The van der Waals surface area contributed by atoms with Crippen molar-refractivity contribution in [3.63, 3.8) is 0 Å². The van der Waals surface area contributed by atoms with E-state index in [9.17, 15) is 4.79 Å². The predicted octanol–water partition coefficient (Wildman–Crippen LogP) is 1.54. The molecule has 2 rings (SSSR count). The number of nitrogen functional groups attached to an aromatic ring is 1. The average Bonchev–Trinajstić information content (AvgIpc) is 2.26. The molecule has 1 heterocycles. The van der Waals surface area contributed by atoms with Gasteiger partial charge in [-0.15, -0.1) is 0 Å². The second kappa shape index (κ2) is 4.37. The molecular formula is C12H13N3O2. The molecule has 0 saturated carbocycles. The number of benzene rings is 1. The number of fused-ring (bicyclic) bond motifs is 1. The van der Waals surface area contributed by atoms with Crippen molar-refractivity contribution < 1.29 is 9.90 Å². The highest BCUT2D eigenvalue weighted by atomic mass is 16.4. The van der Waals surface area contributed by atoms with Crippen molar-refractivity contribution in [1.82, 2.24) is 9.97 Å². The zero-order valence-corrected chi connectivity index (χ0v) is 9.47. The van der Waals surface area contributed by atoms with Gasteiger partial charge in [-0.1, -0.05) is 11.6 Å². The number of anilines is 1. The maximum absolute atomic E-state index is 10.6. The number of nitrogens with zero attached hydrogens (tertiary/aromatic N) is 2. The van der Waals surface area contributed by atoms with Gasteiger partial charge in [0, 0.05) is 11.8 Å². The summed E-state index contributed by atoms with van der Waals surface area (Å²) < 4.78 is 0. The second-order valence-corrected chi connectivity index (χ2v) is 3.94. The molecule has 0 aliphatic heterocycles. The van der Waals surface area contributed by atoms with Gasteiger partial charge in [0.15, 0.2) is 0 Å². The Balaban J connectivity index is 2.51. The van der Waals surface area contributed by atoms with Crippen LogP contribution in [0, 0.1) is 6.92 Å². The molecule has 0 unspecified atom stereocenters. The lowest BCUT2D eigenvalue weighted by molar-refractivity contribution is -0.136. The highest BCUT2D eigenvalue weighted by Crippen LogP contribution is 2.19. The van der Waals surface area contributed by atoms with Gasteiger partial charge in [0.05, 0.1) is 17.6 Å². The average molecular weight is 231 g/mol. The van der Waals surface area contributed by atoms with E-state index < -0.39 is 5.97 Å². The lowest BCUT2D eigenvalue weighted by Crippen LogP contribution is -2.04. The molecule has 3 N–H and O–H groups in total. The van der Waals surface area contributed by atoms with E-state index in [-0.39, 0.29) is 12.4 Å². The summed E-state index contributed by atoms with van der Waals surface area (Å²) >= 11 is 0. The zero-order chi connectivity index (χ0) is 12.4. The number of hydrogen-bond donors (Lipinski definition) is 2. The lowest BCUT2D eigenvalue weighted by Gasteiger charge is -2.06. The molecule has 88 valence electrons. The molecule has 0 aliphatic rings. The van der Waals surface area contributed by atoms with Gasteiger partial charge >= 0.3 is 5.97 Å². The van der Waals surface area contributed by atoms with Gasteiger partial charge in [-0.25, -0.2) is 9.97 Å². The van der Waals surface area contributed by atoms with E-state index in [1.807, 2.05) is 25.1 Å². The molecule has 0 fully saturated rings. The van der Waals surface area contributed by atoms with Crippen molar-refractivity contribution in [2.24, 2.45) is 0 Å². The maximum Gasteiger partial charge on any atom is 0.303 e. The summed E-state index contributed by atoms with van der Waals surface area (Å²) in [4.78, 5) is 18.8. The first-order valence-corrected chi connectivity index (χ1v) is 5.31. The van der Waals surface area contributed by atoms with E-state index in [1.165, 1.54) is 0 Å². The minimum atomic E-state index is -0.844. The first-order chi connectivity index (χ1) is 8.06. The van der Waals surface area contributed by atoms with Crippen molar-refractivity contribution in [1.29, 1.82) is 0 Å². The lowest BCUT2D eigenvalue weighted by atomic mass is 10.1. The quantitative estimate of drug-likeness (QED) is 0.836. The molecule has 0 spiro atoms. The van der Waals surface area contributed by atoms with Crippen molar-refractivity contribution in [2.75, 3.05) is 5.73 Å². The summed E-state index contributed by atoms with van der Waals surface area (Å²) in [6.45, 7) is 1.97. The predicted molar refractivity (Wildman–Crippen MR) is 64.6 cm³/mol. The normalized spacial score (nSPS) is 10.6. The van der Waals surface area contributed by atoms with E-state index in [1.54, 1.807) is 0 Å². The van der Waals surface area contributed by atoms with Crippen molar-refractivity contribution in [2.45, 2.75) is 19.8 Å². The summed E-state index contributed by atoms with van der Waals surface area (Å²) in [5.41, 5.74) is 8.13. The van der Waals surface area contributed by atoms with Gasteiger partial charge < -0.3 is 10.8 Å². The summed E-state index contributed by atoms with van der Waals surface area (Å²) in [7, 11) is 0. The highest BCUT2D eigenvalue weighted by molar-refractivity contribution is 5.83. The number of carboxylic acid groups (broad SMARTS) is 1. The largest absolute Gasteiger partial charge is 0.481 e. The van der Waals surface area contributed by atoms with Crippen LogP contribution in [0.5, 0.6) is 0 Å². The number of nitrogens with two attached hydrogens (primary N) is 1. The van der Waals surface area contributed by atoms with Crippen LogP contribution in [0.3, 0.4) is 0 Å². The summed E-state index contributed by atoms with van der Waals surface area (Å²) in [5.74, 6) is -0.662. The summed E-state index contributed by atoms with van der Waals surface area (Å²) in [6.07, 6.45) is 0.404. The van der Waals surface area contributed by atoms with Gasteiger partial charge in [-0.3, -0.25) is 4.79 Å². The number of carboxylic acids is 1. The zero-order valence-electron chi connectivity index (χ0n) is 9.47. The molecule has 0 aliphatic carbocycles. The number of aliphatic carboxylic acids is 1. The molecule has 17 heavy (non-hydrogen) atoms. The third kappa shape index (κ3) is 2.50. The highest BCUT2D eigenvalue weighted by Gasteiger charge is 2.08. The fourth-order valence-electron chi connectivity index (χ4n) is 1.74. The van der Waals surface area contributed by atoms with Crippen molar-refractivity contribution in [3.05, 3.63) is 29.5 Å². The summed E-state index contributed by atoms with van der Waals surface area (Å²) in [5, 5.41) is 9.57. The van der Waals surface area contributed by atoms with E-state index in [0.29, 0.717) is 12.1 Å². The third-order valence-electron chi connectivity index (χ3n) is 2.52. The van der Waals surface area contributed by atoms with E-state index >= 15 is 0 Å². The molecule has 2 aromatic rings. The van der Waals surface area contributed by atoms with Crippen LogP contribution < -0.4 is 5.73 Å². The van der Waals surface area contributed by atoms with Crippen LogP contribution in [0.25, 0.3) is 10.9 Å². The van der Waals surface area contributed by atoms with Crippen LogP contribution in [-0.2, 0) is 11.2 Å². The standard InChI is InChI=1S/C12H13N3O2/c1-7-2-3-9-8(6-7)10(4-5-11(16)17)15-12(13)14-9/h2-3,6H,4-5H2,1H3,(H,16,17)(H2,13,14,15). The Morgan fingerprint density at radius 3 is 2.88 bits per heavy atom. The Morgan fingerprint density at radius 1 is 1.41 bits per heavy atom. The van der Waals surface area contributed by atoms with Crippen LogP contribution in [-0.4, -0.2) is 21.0 Å². The van der Waals surface area contributed by atoms with Crippen LogP contribution in [0.15, 0.2) is 18.2 Å². The Kier molecular flexibility index (Phi) is 2.91. The fourth-order valence-corrected chi connectivity index (χ4v) is 1.74. The molecule has 1 aromatic carbocycles. The molecule has 0 radical (unpaired) electrons. The van der Waals surface area contributed by atoms with Crippen LogP contribution in [0.1, 0.15) is 17.7 Å². The molecule has 1 aromatic heterocycles. The van der Waals surface area contributed by atoms with Crippen LogP contribution in [0.2, 0.25) is 0 Å². The fraction of sp³-hybridized carbons (Fsp3) is 0.250. The number of aryl methyl sites for hydroxylation is 2. The summed E-state index contributed by atoms with van der Waals surface area (Å²) in [6, 6.07) is 5.76. The molecular weight excluding hydrogens is 218 g/mol. The SMILES string of the molecule is Cc1ccc2nc(N)nc(CCC(=O)O)c2c1. The molecule has 5 heteroatoms. The minimum Gasteiger partial charge on any atom is -0.481 e. The first kappa shape index (κ1) is 11.3. The maximum atomic E-state index is 10.6. The van der Waals surface area contributed by atoms with E-state index in [2.05, 4.69) is 9.97 Å². The molecule has 0 atom stereocenters. The molecule has 0 amide bonds. The van der Waals surface area contributed by atoms with Crippen LogP contribution in [0.4, 0.5) is 5.95 Å². The third-order valence-corrected chi connectivity index (χ3v) is 2.52. The number of aromatic nitrogens is 2. The molecule has 5 nitrogen and oxygen atoms in total. The Labute approximate surface area is 98.3 Å². The topological polar surface area (TPSA) is 89.1 Å². The smallest absolute Gasteiger partial charge is 0.303 e. The number of rotatable bonds is 3. The monoisotopic (exact) mass is 231 g/mol. The van der Waals surface area contributed by atoms with Crippen LogP contribution >= 0.6 is 0 Å².